The molecule has 426 valence electrons. The third-order valence-corrected chi connectivity index (χ3v) is 15.4. The van der Waals surface area contributed by atoms with Gasteiger partial charge in [-0.05, 0) is 169 Å². The van der Waals surface area contributed by atoms with Gasteiger partial charge in [0.25, 0.3) is 0 Å². The van der Waals surface area contributed by atoms with Gasteiger partial charge in [-0.2, -0.15) is 0 Å². The maximum Gasteiger partial charge on any atom is 0.0692 e. The van der Waals surface area contributed by atoms with Crippen LogP contribution in [0.4, 0.5) is 0 Å². The summed E-state index contributed by atoms with van der Waals surface area (Å²) in [5.74, 6) is 0. The number of nitrogens with two attached hydrogens (primary N) is 1. The lowest BCUT2D eigenvalue weighted by molar-refractivity contribution is 0.139. The minimum Gasteiger partial charge on any atom is -0.344 e. The molecular weight excluding hydrogens is 985 g/mol. The van der Waals surface area contributed by atoms with E-state index in [4.69, 9.17) is 0 Å². The second kappa shape index (κ2) is 33.9. The molecule has 1 saturated carbocycles. The second-order valence-corrected chi connectivity index (χ2v) is 20.1. The lowest BCUT2D eigenvalue weighted by atomic mass is 9.93. The molecule has 3 aromatic heterocycles. The second-order valence-electron chi connectivity index (χ2n) is 20.1. The topological polar surface area (TPSA) is 56.4 Å². The van der Waals surface area contributed by atoms with E-state index in [1.165, 1.54) is 124 Å². The Balaban J connectivity index is 0.000000273. The number of unbranched alkanes of at least 4 members (excludes halogenated alkanes) is 1. The number of nitrogens with zero attached hydrogens (tertiary/aromatic N) is 5. The average molecular weight is 1080 g/mol. The fourth-order valence-electron chi connectivity index (χ4n) is 11.3. The Hall–Kier alpha value is -7.51. The first-order chi connectivity index (χ1) is 39.8. The summed E-state index contributed by atoms with van der Waals surface area (Å²) >= 11 is 0. The highest BCUT2D eigenvalue weighted by Gasteiger charge is 2.22. The van der Waals surface area contributed by atoms with Crippen molar-refractivity contribution in [2.75, 3.05) is 14.1 Å². The first-order valence-electron chi connectivity index (χ1n) is 30.1. The van der Waals surface area contributed by atoms with E-state index >= 15 is 0 Å². The van der Waals surface area contributed by atoms with Gasteiger partial charge in [-0.1, -0.05) is 195 Å². The normalized spacial score (nSPS) is 14.7. The SMILES string of the molecule is C=C/C=C(\C=C/C)n1c2ccc(-c3ccc4c(c3)c3c(n4C)C=CC=CC3)cc2c2ccc3c(ccn3/C(C=C)=C/C=C\C)c21.C=NC(=C1CC=CC=CC1)c1ccccc1.CC.CC.CCCCC(C)N(C)C1CCCCC1.CN. The predicted molar refractivity (Wildman–Crippen MR) is 364 cm³/mol. The van der Waals surface area contributed by atoms with E-state index in [0.29, 0.717) is 0 Å². The third-order valence-electron chi connectivity index (χ3n) is 15.4. The van der Waals surface area contributed by atoms with E-state index in [-0.39, 0.29) is 0 Å². The molecule has 6 heteroatoms. The minimum atomic E-state index is 0.790. The molecule has 1 atom stereocenters. The lowest BCUT2D eigenvalue weighted by Crippen LogP contribution is -2.39. The van der Waals surface area contributed by atoms with Crippen molar-refractivity contribution in [2.45, 2.75) is 138 Å². The Labute approximate surface area is 488 Å². The van der Waals surface area contributed by atoms with Crippen LogP contribution in [0, 0.1) is 0 Å². The van der Waals surface area contributed by atoms with Crippen molar-refractivity contribution >= 4 is 73.5 Å². The molecule has 1 unspecified atom stereocenters. The number of hydrogen-bond donors (Lipinski definition) is 1. The first-order valence-corrected chi connectivity index (χ1v) is 30.1. The van der Waals surface area contributed by atoms with Crippen LogP contribution in [0.15, 0.2) is 206 Å². The number of aryl methyl sites for hydroxylation is 1. The molecule has 6 nitrogen and oxygen atoms in total. The lowest BCUT2D eigenvalue weighted by Gasteiger charge is -2.35. The van der Waals surface area contributed by atoms with Crippen LogP contribution < -0.4 is 5.73 Å². The van der Waals surface area contributed by atoms with Gasteiger partial charge in [-0.15, -0.1) is 0 Å². The van der Waals surface area contributed by atoms with Crippen molar-refractivity contribution in [2.24, 2.45) is 17.8 Å². The number of allylic oxidation sites excluding steroid dienone is 18. The summed E-state index contributed by atoms with van der Waals surface area (Å²) < 4.78 is 6.90. The third kappa shape index (κ3) is 15.7. The van der Waals surface area contributed by atoms with Gasteiger partial charge in [0, 0.05) is 75.0 Å². The van der Waals surface area contributed by atoms with Crippen LogP contribution >= 0.6 is 0 Å². The molecule has 10 rings (SSSR count). The highest BCUT2D eigenvalue weighted by molar-refractivity contribution is 6.20. The van der Waals surface area contributed by atoms with E-state index in [9.17, 15) is 0 Å². The molecule has 0 spiro atoms. The molecule has 3 aliphatic rings. The summed E-state index contributed by atoms with van der Waals surface area (Å²) in [7, 11) is 6.00. The number of aromatic nitrogens is 3. The number of rotatable bonds is 14. The van der Waals surface area contributed by atoms with Crippen LogP contribution in [0.25, 0.3) is 77.9 Å². The van der Waals surface area contributed by atoms with Crippen molar-refractivity contribution in [3.63, 3.8) is 0 Å². The Bertz CT molecular complexity index is 3410. The quantitative estimate of drug-likeness (QED) is 0.0871. The van der Waals surface area contributed by atoms with E-state index in [1.54, 1.807) is 0 Å². The monoisotopic (exact) mass is 1080 g/mol. The van der Waals surface area contributed by atoms with E-state index < -0.39 is 0 Å². The molecule has 0 bridgehead atoms. The molecule has 81 heavy (non-hydrogen) atoms. The zero-order chi connectivity index (χ0) is 58.7. The summed E-state index contributed by atoms with van der Waals surface area (Å²) in [6.45, 7) is 28.6. The molecule has 0 saturated heterocycles. The zero-order valence-electron chi connectivity index (χ0n) is 51.3. The summed E-state index contributed by atoms with van der Waals surface area (Å²) in [4.78, 5) is 6.82. The van der Waals surface area contributed by atoms with Gasteiger partial charge in [0.15, 0.2) is 0 Å². The highest BCUT2D eigenvalue weighted by atomic mass is 15.2. The summed E-state index contributed by atoms with van der Waals surface area (Å²) in [5.41, 5.74) is 20.0. The minimum absolute atomic E-state index is 0.790. The smallest absolute Gasteiger partial charge is 0.0692 e. The molecule has 0 aliphatic heterocycles. The number of hydrogen-bond acceptors (Lipinski definition) is 3. The van der Waals surface area contributed by atoms with Gasteiger partial charge in [-0.25, -0.2) is 0 Å². The summed E-state index contributed by atoms with van der Waals surface area (Å²) in [6, 6.07) is 32.4. The van der Waals surface area contributed by atoms with Gasteiger partial charge in [0.05, 0.1) is 22.2 Å². The van der Waals surface area contributed by atoms with E-state index in [1.807, 2.05) is 71.0 Å². The standard InChI is InChI=1S/C42H37N3.C15H15N.C13H27N.2C2H6.CH5N/c1-6-10-16-31(9-4)44-26-25-35-40(44)24-21-34-37-28-30(20-23-41(37)45(42(34)35)32(14-7-2)15-8-3)29-19-22-39-36(27-29)33-17-12-11-13-18-38(33)43(39)5;1-16-15(14-11-7-4-8-12-14)13-9-5-2-3-6-10-13;1-4-5-9-12(2)14(3)13-10-7-6-8-11-13;3*1-2/h6-16,18-28H,2,4,17H2,1,3,5H3;2-8,11-12H,1,9-10H2;12-13H,4-11H2,1-3H3;2*1-2H3;2H2,1H3/b10-6-,15-8-,31-16+,32-14+;;;;;. The van der Waals surface area contributed by atoms with Crippen molar-refractivity contribution < 1.29 is 0 Å². The van der Waals surface area contributed by atoms with Crippen LogP contribution in [0.5, 0.6) is 0 Å². The molecule has 3 aliphatic carbocycles. The summed E-state index contributed by atoms with van der Waals surface area (Å²) in [6.07, 6.45) is 49.9. The molecular formula is C75H96N6. The number of aliphatic imine (C=N–C) groups is 1. The van der Waals surface area contributed by atoms with Gasteiger partial charge in [0.1, 0.15) is 0 Å². The fraction of sp³-hybridized carbons (Fsp3) is 0.320. The van der Waals surface area contributed by atoms with Gasteiger partial charge in [0.2, 0.25) is 0 Å². The average Bonchev–Trinajstić information content (AvgIpc) is 2.80. The molecule has 4 aromatic carbocycles. The fourth-order valence-corrected chi connectivity index (χ4v) is 11.3. The molecule has 0 amide bonds. The van der Waals surface area contributed by atoms with E-state index in [2.05, 4.69) is 236 Å². The first kappa shape index (κ1) is 64.3. The maximum absolute atomic E-state index is 4.50. The van der Waals surface area contributed by atoms with Crippen molar-refractivity contribution in [1.82, 2.24) is 18.6 Å². The van der Waals surface area contributed by atoms with Crippen LogP contribution in [0.1, 0.15) is 136 Å². The molecule has 1 fully saturated rings. The Morgan fingerprint density at radius 2 is 1.37 bits per heavy atom. The van der Waals surface area contributed by atoms with E-state index in [0.717, 1.165) is 59.5 Å². The van der Waals surface area contributed by atoms with Gasteiger partial charge in [-0.3, -0.25) is 4.99 Å². The maximum atomic E-state index is 4.50. The molecule has 2 N–H and O–H groups in total. The van der Waals surface area contributed by atoms with Gasteiger partial charge >= 0.3 is 0 Å². The zero-order valence-corrected chi connectivity index (χ0v) is 51.3. The number of fused-ring (bicyclic) bond motifs is 8. The highest BCUT2D eigenvalue weighted by Crippen LogP contribution is 2.41. The van der Waals surface area contributed by atoms with Crippen molar-refractivity contribution in [1.29, 1.82) is 0 Å². The largest absolute Gasteiger partial charge is 0.344 e. The number of benzene rings is 4. The molecule has 0 radical (unpaired) electrons. The molecule has 7 aromatic rings. The van der Waals surface area contributed by atoms with Crippen LogP contribution in [0.3, 0.4) is 0 Å². The van der Waals surface area contributed by atoms with Gasteiger partial charge < -0.3 is 24.3 Å². The predicted octanol–water partition coefficient (Wildman–Crippen LogP) is 20.7. The molecule has 3 heterocycles. The summed E-state index contributed by atoms with van der Waals surface area (Å²) in [5, 5.41) is 4.95. The van der Waals surface area contributed by atoms with Crippen molar-refractivity contribution in [3.05, 3.63) is 218 Å². The Kier molecular flexibility index (Phi) is 26.9. The Morgan fingerprint density at radius 3 is 2.00 bits per heavy atom. The van der Waals surface area contributed by atoms with Crippen LogP contribution in [-0.4, -0.2) is 51.5 Å². The van der Waals surface area contributed by atoms with Crippen LogP contribution in [0.2, 0.25) is 0 Å². The van der Waals surface area contributed by atoms with Crippen LogP contribution in [-0.2, 0) is 13.5 Å². The van der Waals surface area contributed by atoms with Crippen molar-refractivity contribution in [3.8, 4) is 11.1 Å². The Morgan fingerprint density at radius 1 is 0.728 bits per heavy atom.